The lowest BCUT2D eigenvalue weighted by Crippen LogP contribution is -2.27. The topological polar surface area (TPSA) is 89.7 Å². The van der Waals surface area contributed by atoms with Crippen molar-refractivity contribution >= 4 is 52.2 Å². The maximum Gasteiger partial charge on any atom is 0.298 e. The van der Waals surface area contributed by atoms with Gasteiger partial charge in [-0.15, -0.1) is 0 Å². The van der Waals surface area contributed by atoms with Gasteiger partial charge in [-0.05, 0) is 47.7 Å². The number of benzene rings is 2. The molecule has 1 aliphatic heterocycles. The van der Waals surface area contributed by atoms with Crippen molar-refractivity contribution in [3.05, 3.63) is 64.0 Å². The highest BCUT2D eigenvalue weighted by Gasteiger charge is 2.36. The minimum atomic E-state index is -0.611. The summed E-state index contributed by atoms with van der Waals surface area (Å²) in [5.74, 6) is -0.698. The normalized spacial score (nSPS) is 15.6. The molecule has 0 bridgehead atoms. The monoisotopic (exact) mass is 388 g/mol. The molecule has 0 aliphatic carbocycles. The molecule has 2 aromatic carbocycles. The quantitative estimate of drug-likeness (QED) is 0.792. The van der Waals surface area contributed by atoms with Gasteiger partial charge < -0.3 is 10.5 Å². The zero-order chi connectivity index (χ0) is 18.7. The van der Waals surface area contributed by atoms with Gasteiger partial charge in [0, 0.05) is 0 Å². The molecule has 3 rings (SSSR count). The molecule has 6 nitrogen and oxygen atoms in total. The fourth-order valence-electron chi connectivity index (χ4n) is 2.29. The number of carbonyl (C=O) groups is 3. The Kier molecular flexibility index (Phi) is 5.29. The van der Waals surface area contributed by atoms with Gasteiger partial charge >= 0.3 is 0 Å². The van der Waals surface area contributed by atoms with E-state index in [0.717, 1.165) is 16.7 Å². The summed E-state index contributed by atoms with van der Waals surface area (Å²) >= 11 is 6.97. The zero-order valence-electron chi connectivity index (χ0n) is 13.3. The number of nitrogens with zero attached hydrogens (tertiary/aromatic N) is 1. The van der Waals surface area contributed by atoms with Gasteiger partial charge in [-0.25, -0.2) is 4.90 Å². The predicted molar refractivity (Wildman–Crippen MR) is 101 cm³/mol. The molecule has 1 saturated heterocycles. The first-order valence-corrected chi connectivity index (χ1v) is 8.69. The average molecular weight is 389 g/mol. The van der Waals surface area contributed by atoms with Gasteiger partial charge in [0.2, 0.25) is 0 Å². The maximum atomic E-state index is 12.6. The summed E-state index contributed by atoms with van der Waals surface area (Å²) in [6.45, 7) is -0.283. The summed E-state index contributed by atoms with van der Waals surface area (Å²) in [5, 5.41) is -0.0951. The lowest BCUT2D eigenvalue weighted by molar-refractivity contribution is -0.120. The summed E-state index contributed by atoms with van der Waals surface area (Å²) < 4.78 is 5.17. The number of hydrogen-bond acceptors (Lipinski definition) is 5. The Morgan fingerprint density at radius 3 is 2.58 bits per heavy atom. The Morgan fingerprint density at radius 1 is 1.19 bits per heavy atom. The van der Waals surface area contributed by atoms with Gasteiger partial charge in [0.05, 0.1) is 15.6 Å². The van der Waals surface area contributed by atoms with Crippen molar-refractivity contribution in [2.24, 2.45) is 5.73 Å². The van der Waals surface area contributed by atoms with Crippen LogP contribution in [0.5, 0.6) is 5.75 Å². The zero-order valence-corrected chi connectivity index (χ0v) is 14.9. The number of amides is 3. The molecule has 2 N–H and O–H groups in total. The van der Waals surface area contributed by atoms with Crippen LogP contribution >= 0.6 is 23.4 Å². The first kappa shape index (κ1) is 18.0. The minimum absolute atomic E-state index is 0.266. The number of ether oxygens (including phenoxy) is 1. The van der Waals surface area contributed by atoms with Gasteiger partial charge in [-0.1, -0.05) is 35.9 Å². The van der Waals surface area contributed by atoms with Crippen molar-refractivity contribution < 1.29 is 19.1 Å². The molecule has 0 atom stereocenters. The van der Waals surface area contributed by atoms with Crippen LogP contribution in [-0.4, -0.2) is 23.7 Å². The van der Waals surface area contributed by atoms with Crippen LogP contribution in [0.3, 0.4) is 0 Å². The van der Waals surface area contributed by atoms with Gasteiger partial charge in [-0.2, -0.15) is 0 Å². The second-order valence-electron chi connectivity index (χ2n) is 5.30. The second kappa shape index (κ2) is 7.63. The van der Waals surface area contributed by atoms with Crippen LogP contribution in [0.25, 0.3) is 6.08 Å². The van der Waals surface area contributed by atoms with Crippen molar-refractivity contribution in [3.8, 4) is 5.75 Å². The van der Waals surface area contributed by atoms with Crippen molar-refractivity contribution in [1.82, 2.24) is 0 Å². The number of imide groups is 1. The Labute approximate surface area is 158 Å². The summed E-state index contributed by atoms with van der Waals surface area (Å²) in [6.07, 6.45) is 1.58. The molecular formula is C18H13ClN2O4S. The average Bonchev–Trinajstić information content (AvgIpc) is 2.88. The number of carbonyl (C=O) groups excluding carboxylic acids is 3. The maximum absolute atomic E-state index is 12.6. The number of hydrogen-bond donors (Lipinski definition) is 1. The van der Waals surface area contributed by atoms with Gasteiger partial charge in [0.25, 0.3) is 17.1 Å². The highest BCUT2D eigenvalue weighted by molar-refractivity contribution is 8.19. The molecule has 1 heterocycles. The third-order valence-electron chi connectivity index (χ3n) is 3.43. The van der Waals surface area contributed by atoms with Crippen LogP contribution in [0, 0.1) is 0 Å². The van der Waals surface area contributed by atoms with Crippen LogP contribution in [0.15, 0.2) is 53.4 Å². The molecule has 1 fully saturated rings. The fourth-order valence-corrected chi connectivity index (χ4v) is 3.38. The summed E-state index contributed by atoms with van der Waals surface area (Å²) in [6, 6.07) is 13.5. The van der Waals surface area contributed by atoms with E-state index in [1.54, 1.807) is 48.5 Å². The van der Waals surface area contributed by atoms with E-state index in [1.165, 1.54) is 0 Å². The Balaban J connectivity index is 1.82. The lowest BCUT2D eigenvalue weighted by atomic mass is 10.2. The van der Waals surface area contributed by atoms with E-state index in [4.69, 9.17) is 22.1 Å². The molecule has 0 spiro atoms. The van der Waals surface area contributed by atoms with E-state index in [9.17, 15) is 14.4 Å². The third kappa shape index (κ3) is 3.89. The van der Waals surface area contributed by atoms with E-state index in [-0.39, 0.29) is 16.9 Å². The molecule has 0 saturated carbocycles. The van der Waals surface area contributed by atoms with Gasteiger partial charge in [0.1, 0.15) is 5.75 Å². The Hall–Kier alpha value is -2.77. The minimum Gasteiger partial charge on any atom is -0.482 e. The first-order valence-electron chi connectivity index (χ1n) is 7.49. The van der Waals surface area contributed by atoms with E-state index in [0.29, 0.717) is 21.9 Å². The van der Waals surface area contributed by atoms with Crippen LogP contribution in [0.1, 0.15) is 5.56 Å². The van der Waals surface area contributed by atoms with Gasteiger partial charge in [-0.3, -0.25) is 14.4 Å². The van der Waals surface area contributed by atoms with E-state index >= 15 is 0 Å². The van der Waals surface area contributed by atoms with Crippen molar-refractivity contribution in [2.45, 2.75) is 0 Å². The van der Waals surface area contributed by atoms with E-state index < -0.39 is 11.8 Å². The Morgan fingerprint density at radius 2 is 1.92 bits per heavy atom. The first-order chi connectivity index (χ1) is 12.5. The van der Waals surface area contributed by atoms with Crippen molar-refractivity contribution in [1.29, 1.82) is 0 Å². The molecule has 26 heavy (non-hydrogen) atoms. The third-order valence-corrected chi connectivity index (χ3v) is 4.60. The molecule has 3 amide bonds. The smallest absolute Gasteiger partial charge is 0.298 e. The Bertz CT molecular complexity index is 915. The van der Waals surface area contributed by atoms with Crippen LogP contribution in [-0.2, 0) is 9.59 Å². The summed E-state index contributed by atoms with van der Waals surface area (Å²) in [7, 11) is 0. The molecular weight excluding hydrogens is 376 g/mol. The van der Waals surface area contributed by atoms with Gasteiger partial charge in [0.15, 0.2) is 6.61 Å². The summed E-state index contributed by atoms with van der Waals surface area (Å²) in [5.41, 5.74) is 6.17. The number of anilines is 1. The number of rotatable bonds is 5. The number of primary amides is 1. The number of para-hydroxylation sites is 1. The molecule has 8 heteroatoms. The van der Waals surface area contributed by atoms with Crippen LogP contribution < -0.4 is 15.4 Å². The number of halogens is 1. The number of nitrogens with two attached hydrogens (primary N) is 1. The molecule has 0 radical (unpaired) electrons. The van der Waals surface area contributed by atoms with Crippen molar-refractivity contribution in [2.75, 3.05) is 11.5 Å². The fraction of sp³-hybridized carbons (Fsp3) is 0.0556. The summed E-state index contributed by atoms with van der Waals surface area (Å²) in [4.78, 5) is 36.9. The standard InChI is InChI=1S/C18H13ClN2O4S/c19-13-8-11(6-7-14(13)25-10-16(20)22)9-15-17(23)21(18(24)26-15)12-4-2-1-3-5-12/h1-9H,10H2,(H2,20,22). The second-order valence-corrected chi connectivity index (χ2v) is 6.70. The molecule has 0 aromatic heterocycles. The lowest BCUT2D eigenvalue weighted by Gasteiger charge is -2.11. The number of thioether (sulfide) groups is 1. The highest BCUT2D eigenvalue weighted by Crippen LogP contribution is 2.36. The van der Waals surface area contributed by atoms with E-state index in [1.807, 2.05) is 6.07 Å². The molecule has 0 unspecified atom stereocenters. The molecule has 1 aliphatic rings. The highest BCUT2D eigenvalue weighted by atomic mass is 35.5. The van der Waals surface area contributed by atoms with Crippen LogP contribution in [0.4, 0.5) is 10.5 Å². The van der Waals surface area contributed by atoms with E-state index in [2.05, 4.69) is 0 Å². The predicted octanol–water partition coefficient (Wildman–Crippen LogP) is 3.45. The van der Waals surface area contributed by atoms with Crippen LogP contribution in [0.2, 0.25) is 5.02 Å². The molecule has 132 valence electrons. The SMILES string of the molecule is NC(=O)COc1ccc(C=C2SC(=O)N(c3ccccc3)C2=O)cc1Cl. The molecule has 2 aromatic rings. The largest absolute Gasteiger partial charge is 0.482 e. The van der Waals surface area contributed by atoms with Crippen molar-refractivity contribution in [3.63, 3.8) is 0 Å².